The first-order valence-electron chi connectivity index (χ1n) is 18.8. The average molecular weight is 694 g/mol. The highest BCUT2D eigenvalue weighted by Crippen LogP contribution is 2.41. The molecule has 1 aromatic rings. The van der Waals surface area contributed by atoms with Crippen LogP contribution in [0.1, 0.15) is 135 Å². The van der Waals surface area contributed by atoms with E-state index in [9.17, 15) is 24.0 Å². The molecule has 50 heavy (non-hydrogen) atoms. The molecule has 2 heterocycles. The molecule has 4 atom stereocenters. The summed E-state index contributed by atoms with van der Waals surface area (Å²) in [6.07, 6.45) is 7.39. The Hall–Kier alpha value is -3.56. The van der Waals surface area contributed by atoms with Crippen molar-refractivity contribution in [3.05, 3.63) is 28.8 Å². The number of aryl methyl sites for hydroxylation is 2. The molecule has 276 valence electrons. The molecule has 1 saturated heterocycles. The van der Waals surface area contributed by atoms with Crippen molar-refractivity contribution in [3.8, 4) is 5.75 Å². The number of nitrogens with zero attached hydrogens (tertiary/aromatic N) is 2. The van der Waals surface area contributed by atoms with E-state index >= 15 is 0 Å². The van der Waals surface area contributed by atoms with Crippen LogP contribution in [0.2, 0.25) is 0 Å². The summed E-state index contributed by atoms with van der Waals surface area (Å²) >= 11 is 0. The van der Waals surface area contributed by atoms with Gasteiger partial charge in [-0.15, -0.1) is 0 Å². The second kappa shape index (κ2) is 16.6. The SMILES string of the molecule is CCC[C@H](CC(=O)[C@@H]1C[C@]2(CC(c3cc(C)c(OCC)c(C)c3)=NO2)CN1C(=O)[C@@H](NC(=O)CC1CCCCC1)C(C)(C)C)C(=O)C(=O)CC. The van der Waals surface area contributed by atoms with Crippen molar-refractivity contribution in [1.29, 1.82) is 0 Å². The second-order valence-corrected chi connectivity index (χ2v) is 15.9. The number of hydrogen-bond donors (Lipinski definition) is 1. The highest BCUT2D eigenvalue weighted by molar-refractivity contribution is 6.38. The van der Waals surface area contributed by atoms with E-state index in [2.05, 4.69) is 10.5 Å². The number of hydrogen-bond acceptors (Lipinski definition) is 8. The molecule has 1 spiro atoms. The van der Waals surface area contributed by atoms with Crippen molar-refractivity contribution < 1.29 is 33.5 Å². The molecule has 0 aromatic heterocycles. The Kier molecular flexibility index (Phi) is 13.1. The zero-order valence-corrected chi connectivity index (χ0v) is 31.6. The molecule has 2 aliphatic heterocycles. The van der Waals surface area contributed by atoms with Crippen LogP contribution in [0.15, 0.2) is 17.3 Å². The molecule has 10 heteroatoms. The molecule has 0 bridgehead atoms. The Bertz CT molecular complexity index is 1450. The molecular weight excluding hydrogens is 634 g/mol. The van der Waals surface area contributed by atoms with Gasteiger partial charge in [0.2, 0.25) is 17.6 Å². The Balaban J connectivity index is 1.63. The van der Waals surface area contributed by atoms with Crippen LogP contribution in [0.5, 0.6) is 5.75 Å². The maximum absolute atomic E-state index is 14.6. The molecule has 1 saturated carbocycles. The first-order valence-corrected chi connectivity index (χ1v) is 18.8. The predicted octanol–water partition coefficient (Wildman–Crippen LogP) is 6.59. The number of oxime groups is 1. The quantitative estimate of drug-likeness (QED) is 0.205. The molecule has 1 aromatic carbocycles. The van der Waals surface area contributed by atoms with Gasteiger partial charge in [-0.25, -0.2) is 0 Å². The monoisotopic (exact) mass is 693 g/mol. The fraction of sp³-hybridized carbons (Fsp3) is 0.700. The topological polar surface area (TPSA) is 131 Å². The normalized spacial score (nSPS) is 22.1. The Morgan fingerprint density at radius 1 is 1.04 bits per heavy atom. The molecule has 3 aliphatic rings. The van der Waals surface area contributed by atoms with Crippen LogP contribution < -0.4 is 10.1 Å². The van der Waals surface area contributed by atoms with Gasteiger partial charge in [-0.05, 0) is 74.6 Å². The first kappa shape index (κ1) is 39.2. The van der Waals surface area contributed by atoms with E-state index in [1.54, 1.807) is 11.8 Å². The summed E-state index contributed by atoms with van der Waals surface area (Å²) in [5, 5.41) is 7.57. The number of carbonyl (C=O) groups is 5. The zero-order valence-electron chi connectivity index (χ0n) is 31.6. The molecule has 10 nitrogen and oxygen atoms in total. The van der Waals surface area contributed by atoms with E-state index in [-0.39, 0.29) is 43.4 Å². The maximum atomic E-state index is 14.6. The van der Waals surface area contributed by atoms with Crippen molar-refractivity contribution in [1.82, 2.24) is 10.2 Å². The predicted molar refractivity (Wildman–Crippen MR) is 193 cm³/mol. The number of benzene rings is 1. The van der Waals surface area contributed by atoms with Gasteiger partial charge < -0.3 is 19.8 Å². The van der Waals surface area contributed by atoms with Gasteiger partial charge in [0.25, 0.3) is 0 Å². The van der Waals surface area contributed by atoms with Crippen LogP contribution in [-0.4, -0.2) is 70.6 Å². The van der Waals surface area contributed by atoms with Gasteiger partial charge in [0.05, 0.1) is 24.9 Å². The van der Waals surface area contributed by atoms with Gasteiger partial charge in [-0.2, -0.15) is 0 Å². The van der Waals surface area contributed by atoms with E-state index in [1.807, 2.05) is 60.6 Å². The van der Waals surface area contributed by atoms with Gasteiger partial charge in [-0.3, -0.25) is 24.0 Å². The van der Waals surface area contributed by atoms with E-state index in [1.165, 1.54) is 6.42 Å². The zero-order chi connectivity index (χ0) is 36.8. The number of Topliss-reactive ketones (excluding diaryl/α,β-unsaturated/α-hetero) is 3. The fourth-order valence-corrected chi connectivity index (χ4v) is 7.97. The van der Waals surface area contributed by atoms with Crippen molar-refractivity contribution in [2.45, 2.75) is 150 Å². The molecule has 0 unspecified atom stereocenters. The van der Waals surface area contributed by atoms with Crippen molar-refractivity contribution >= 4 is 34.9 Å². The minimum absolute atomic E-state index is 0.0800. The number of amides is 2. The summed E-state index contributed by atoms with van der Waals surface area (Å²) in [6.45, 7) is 15.9. The summed E-state index contributed by atoms with van der Waals surface area (Å²) in [4.78, 5) is 75.5. The van der Waals surface area contributed by atoms with Gasteiger partial charge >= 0.3 is 0 Å². The standard InChI is InChI=1S/C40H59N3O7/c1-9-15-28(35(47)32(44)10-2)21-33(45)31-23-40(22-30(42-50-40)29-18-25(4)36(49-11-3)26(5)19-29)24-43(31)38(48)37(39(6,7)8)41-34(46)20-27-16-13-12-14-17-27/h18-19,27-28,31,37H,9-17,20-24H2,1-8H3,(H,41,46)/t28-,31+,37-,40-/m1/s1. The van der Waals surface area contributed by atoms with Crippen LogP contribution in [0.3, 0.4) is 0 Å². The smallest absolute Gasteiger partial charge is 0.246 e. The van der Waals surface area contributed by atoms with Gasteiger partial charge in [0, 0.05) is 43.6 Å². The lowest BCUT2D eigenvalue weighted by molar-refractivity contribution is -0.145. The lowest BCUT2D eigenvalue weighted by atomic mass is 9.83. The van der Waals surface area contributed by atoms with Crippen molar-refractivity contribution in [3.63, 3.8) is 0 Å². The number of rotatable bonds is 15. The summed E-state index contributed by atoms with van der Waals surface area (Å²) in [5.41, 5.74) is 1.97. The number of likely N-dealkylation sites (tertiary alicyclic amines) is 1. The van der Waals surface area contributed by atoms with Crippen molar-refractivity contribution in [2.24, 2.45) is 22.4 Å². The summed E-state index contributed by atoms with van der Waals surface area (Å²) in [6, 6.07) is 2.26. The van der Waals surface area contributed by atoms with E-state index in [0.29, 0.717) is 38.2 Å². The molecule has 4 rings (SSSR count). The minimum Gasteiger partial charge on any atom is -0.493 e. The largest absolute Gasteiger partial charge is 0.493 e. The second-order valence-electron chi connectivity index (χ2n) is 15.9. The van der Waals surface area contributed by atoms with Gasteiger partial charge in [0.1, 0.15) is 11.8 Å². The first-order chi connectivity index (χ1) is 23.6. The molecule has 2 fully saturated rings. The summed E-state index contributed by atoms with van der Waals surface area (Å²) in [5.74, 6) is -1.40. The lowest BCUT2D eigenvalue weighted by Gasteiger charge is -2.36. The third kappa shape index (κ3) is 9.21. The highest BCUT2D eigenvalue weighted by Gasteiger charge is 2.55. The Morgan fingerprint density at radius 2 is 1.70 bits per heavy atom. The lowest BCUT2D eigenvalue weighted by Crippen LogP contribution is -2.57. The summed E-state index contributed by atoms with van der Waals surface area (Å²) in [7, 11) is 0. The highest BCUT2D eigenvalue weighted by atomic mass is 16.7. The fourth-order valence-electron chi connectivity index (χ4n) is 7.97. The Morgan fingerprint density at radius 3 is 2.28 bits per heavy atom. The van der Waals surface area contributed by atoms with Crippen LogP contribution in [-0.2, 0) is 28.8 Å². The number of nitrogens with one attached hydrogen (secondary N) is 1. The maximum Gasteiger partial charge on any atom is 0.246 e. The average Bonchev–Trinajstić information content (AvgIpc) is 3.67. The van der Waals surface area contributed by atoms with E-state index in [0.717, 1.165) is 53.8 Å². The van der Waals surface area contributed by atoms with Crippen LogP contribution in [0.25, 0.3) is 0 Å². The number of ketones is 3. The summed E-state index contributed by atoms with van der Waals surface area (Å²) < 4.78 is 5.84. The number of ether oxygens (including phenoxy) is 1. The van der Waals surface area contributed by atoms with Crippen molar-refractivity contribution in [2.75, 3.05) is 13.2 Å². The van der Waals surface area contributed by atoms with Crippen LogP contribution in [0.4, 0.5) is 0 Å². The van der Waals surface area contributed by atoms with Crippen LogP contribution in [0, 0.1) is 31.1 Å². The minimum atomic E-state index is -0.955. The molecule has 0 radical (unpaired) electrons. The van der Waals surface area contributed by atoms with Gasteiger partial charge in [0.15, 0.2) is 17.2 Å². The van der Waals surface area contributed by atoms with Gasteiger partial charge in [-0.1, -0.05) is 65.5 Å². The molecule has 1 aliphatic carbocycles. The molecule has 2 amide bonds. The Labute approximate surface area is 298 Å². The number of carbonyl (C=O) groups excluding carboxylic acids is 5. The van der Waals surface area contributed by atoms with E-state index < -0.39 is 40.6 Å². The molecule has 1 N–H and O–H groups in total. The third-order valence-electron chi connectivity index (χ3n) is 10.6. The van der Waals surface area contributed by atoms with Crippen LogP contribution >= 0.6 is 0 Å². The van der Waals surface area contributed by atoms with E-state index in [4.69, 9.17) is 9.57 Å². The third-order valence-corrected chi connectivity index (χ3v) is 10.6. The molecular formula is C40H59N3O7.